The first-order valence-electron chi connectivity index (χ1n) is 4.95. The van der Waals surface area contributed by atoms with E-state index in [0.29, 0.717) is 17.2 Å². The van der Waals surface area contributed by atoms with Crippen molar-refractivity contribution in [2.45, 2.75) is 6.04 Å². The van der Waals surface area contributed by atoms with Crippen LogP contribution in [0.25, 0.3) is 0 Å². The molecule has 2 N–H and O–H groups in total. The zero-order valence-electron chi connectivity index (χ0n) is 9.46. The van der Waals surface area contributed by atoms with E-state index in [2.05, 4.69) is 10.6 Å². The van der Waals surface area contributed by atoms with Crippen LogP contribution in [0.5, 0.6) is 11.5 Å². The van der Waals surface area contributed by atoms with Crippen molar-refractivity contribution < 1.29 is 14.3 Å². The summed E-state index contributed by atoms with van der Waals surface area (Å²) in [4.78, 5) is 11.7. The number of methoxy groups -OCH3 is 2. The number of fused-ring (bicyclic) bond motifs is 1. The molecule has 86 valence electrons. The summed E-state index contributed by atoms with van der Waals surface area (Å²) in [5.41, 5.74) is 1.57. The Bertz CT molecular complexity index is 431. The molecule has 1 heterocycles. The quantitative estimate of drug-likeness (QED) is 0.798. The number of anilines is 1. The minimum absolute atomic E-state index is 0.0796. The van der Waals surface area contributed by atoms with Crippen LogP contribution in [0.3, 0.4) is 0 Å². The molecule has 5 heteroatoms. The Balaban J connectivity index is 2.55. The van der Waals surface area contributed by atoms with E-state index in [1.807, 2.05) is 6.07 Å². The van der Waals surface area contributed by atoms with Gasteiger partial charge in [0.25, 0.3) is 0 Å². The Labute approximate surface area is 93.7 Å². The minimum atomic E-state index is -0.348. The molecule has 1 unspecified atom stereocenters. The first-order chi connectivity index (χ1) is 7.71. The number of amides is 1. The lowest BCUT2D eigenvalue weighted by atomic mass is 10.1. The lowest BCUT2D eigenvalue weighted by Crippen LogP contribution is -2.23. The summed E-state index contributed by atoms with van der Waals surface area (Å²) in [7, 11) is 4.89. The molecule has 1 aliphatic heterocycles. The Morgan fingerprint density at radius 2 is 2.06 bits per heavy atom. The molecular weight excluding hydrogens is 208 g/mol. The third kappa shape index (κ3) is 1.49. The average Bonchev–Trinajstić information content (AvgIpc) is 2.62. The highest BCUT2D eigenvalue weighted by Crippen LogP contribution is 2.41. The maximum Gasteiger partial charge on any atom is 0.246 e. The fraction of sp³-hybridized carbons (Fsp3) is 0.364. The first-order valence-corrected chi connectivity index (χ1v) is 4.95. The van der Waals surface area contributed by atoms with Crippen molar-refractivity contribution in [3.63, 3.8) is 0 Å². The van der Waals surface area contributed by atoms with Crippen LogP contribution in [0.4, 0.5) is 5.69 Å². The van der Waals surface area contributed by atoms with Gasteiger partial charge in [-0.15, -0.1) is 0 Å². The van der Waals surface area contributed by atoms with E-state index >= 15 is 0 Å². The second-order valence-corrected chi connectivity index (χ2v) is 3.50. The fourth-order valence-corrected chi connectivity index (χ4v) is 1.87. The largest absolute Gasteiger partial charge is 0.497 e. The monoisotopic (exact) mass is 222 g/mol. The summed E-state index contributed by atoms with van der Waals surface area (Å²) in [6.07, 6.45) is 0. The summed E-state index contributed by atoms with van der Waals surface area (Å²) < 4.78 is 10.4. The van der Waals surface area contributed by atoms with Gasteiger partial charge in [0.1, 0.15) is 17.5 Å². The van der Waals surface area contributed by atoms with Crippen molar-refractivity contribution in [1.29, 1.82) is 0 Å². The zero-order chi connectivity index (χ0) is 11.7. The van der Waals surface area contributed by atoms with E-state index < -0.39 is 0 Å². The Morgan fingerprint density at radius 1 is 1.31 bits per heavy atom. The van der Waals surface area contributed by atoms with Gasteiger partial charge in [-0.1, -0.05) is 0 Å². The number of rotatable bonds is 3. The number of hydrogen-bond acceptors (Lipinski definition) is 4. The molecule has 0 saturated carbocycles. The molecule has 16 heavy (non-hydrogen) atoms. The van der Waals surface area contributed by atoms with Crippen LogP contribution < -0.4 is 20.1 Å². The van der Waals surface area contributed by atoms with Gasteiger partial charge in [0.05, 0.1) is 19.9 Å². The third-order valence-corrected chi connectivity index (χ3v) is 2.67. The standard InChI is InChI=1S/C11H14N2O3/c1-12-10-7-4-6(15-2)5-8(16-3)9(7)13-11(10)14/h4-5,10,12H,1-3H3,(H,13,14). The maximum atomic E-state index is 11.7. The highest BCUT2D eigenvalue weighted by molar-refractivity contribution is 6.04. The highest BCUT2D eigenvalue weighted by Gasteiger charge is 2.32. The van der Waals surface area contributed by atoms with Crippen molar-refractivity contribution in [2.75, 3.05) is 26.6 Å². The van der Waals surface area contributed by atoms with Crippen LogP contribution in [-0.2, 0) is 4.79 Å². The molecule has 0 aromatic heterocycles. The lowest BCUT2D eigenvalue weighted by molar-refractivity contribution is -0.117. The van der Waals surface area contributed by atoms with Crippen LogP contribution in [0.2, 0.25) is 0 Å². The van der Waals surface area contributed by atoms with Crippen molar-refractivity contribution in [2.24, 2.45) is 0 Å². The molecule has 1 atom stereocenters. The summed E-state index contributed by atoms with van der Waals surface area (Å²) in [5, 5.41) is 5.74. The zero-order valence-corrected chi connectivity index (χ0v) is 9.46. The van der Waals surface area contributed by atoms with Gasteiger partial charge in [-0.2, -0.15) is 0 Å². The van der Waals surface area contributed by atoms with Gasteiger partial charge in [0, 0.05) is 11.6 Å². The van der Waals surface area contributed by atoms with E-state index in [0.717, 1.165) is 5.56 Å². The summed E-state index contributed by atoms with van der Waals surface area (Å²) in [5.74, 6) is 1.21. The van der Waals surface area contributed by atoms with Crippen LogP contribution in [0, 0.1) is 0 Å². The smallest absolute Gasteiger partial charge is 0.246 e. The molecular formula is C11H14N2O3. The van der Waals surface area contributed by atoms with E-state index in [4.69, 9.17) is 9.47 Å². The number of likely N-dealkylation sites (N-methyl/N-ethyl adjacent to an activating group) is 1. The topological polar surface area (TPSA) is 59.6 Å². The van der Waals surface area contributed by atoms with Gasteiger partial charge < -0.3 is 20.1 Å². The molecule has 0 bridgehead atoms. The maximum absolute atomic E-state index is 11.7. The minimum Gasteiger partial charge on any atom is -0.497 e. The van der Waals surface area contributed by atoms with E-state index in [1.54, 1.807) is 27.3 Å². The van der Waals surface area contributed by atoms with Crippen molar-refractivity contribution in [3.8, 4) is 11.5 Å². The van der Waals surface area contributed by atoms with Gasteiger partial charge in [-0.25, -0.2) is 0 Å². The highest BCUT2D eigenvalue weighted by atomic mass is 16.5. The van der Waals surface area contributed by atoms with E-state index in [9.17, 15) is 4.79 Å². The second kappa shape index (κ2) is 4.02. The number of benzene rings is 1. The predicted molar refractivity (Wildman–Crippen MR) is 60.0 cm³/mol. The third-order valence-electron chi connectivity index (χ3n) is 2.67. The van der Waals surface area contributed by atoms with Crippen molar-refractivity contribution in [1.82, 2.24) is 5.32 Å². The predicted octanol–water partition coefficient (Wildman–Crippen LogP) is 0.916. The molecule has 1 aliphatic rings. The second-order valence-electron chi connectivity index (χ2n) is 3.50. The molecule has 1 aromatic carbocycles. The number of carbonyl (C=O) groups is 1. The summed E-state index contributed by atoms with van der Waals surface area (Å²) >= 11 is 0. The SMILES string of the molecule is CNC1C(=O)Nc2c(OC)cc(OC)cc21. The number of ether oxygens (including phenoxy) is 2. The van der Waals surface area contributed by atoms with Gasteiger partial charge >= 0.3 is 0 Å². The molecule has 5 nitrogen and oxygen atoms in total. The van der Waals surface area contributed by atoms with Crippen LogP contribution in [0.1, 0.15) is 11.6 Å². The Hall–Kier alpha value is -1.75. The van der Waals surface area contributed by atoms with Gasteiger partial charge in [-0.05, 0) is 13.1 Å². The number of nitrogens with one attached hydrogen (secondary N) is 2. The van der Waals surface area contributed by atoms with Crippen LogP contribution in [0.15, 0.2) is 12.1 Å². The summed E-state index contributed by atoms with van der Waals surface area (Å²) in [6, 6.07) is 3.23. The van der Waals surface area contributed by atoms with Crippen LogP contribution in [-0.4, -0.2) is 27.2 Å². The lowest BCUT2D eigenvalue weighted by Gasteiger charge is -2.11. The molecule has 0 spiro atoms. The normalized spacial score (nSPS) is 17.9. The fourth-order valence-electron chi connectivity index (χ4n) is 1.87. The first kappa shape index (κ1) is 10.8. The van der Waals surface area contributed by atoms with Gasteiger partial charge in [0.15, 0.2) is 0 Å². The molecule has 0 saturated heterocycles. The van der Waals surface area contributed by atoms with Gasteiger partial charge in [-0.3, -0.25) is 4.79 Å². The Kier molecular flexibility index (Phi) is 2.70. The van der Waals surface area contributed by atoms with E-state index in [1.165, 1.54) is 0 Å². The van der Waals surface area contributed by atoms with Crippen molar-refractivity contribution in [3.05, 3.63) is 17.7 Å². The molecule has 2 rings (SSSR count). The molecule has 1 amide bonds. The average molecular weight is 222 g/mol. The molecule has 1 aromatic rings. The summed E-state index contributed by atoms with van der Waals surface area (Å²) in [6.45, 7) is 0. The number of hydrogen-bond donors (Lipinski definition) is 2. The van der Waals surface area contributed by atoms with Gasteiger partial charge in [0.2, 0.25) is 5.91 Å². The van der Waals surface area contributed by atoms with Crippen LogP contribution >= 0.6 is 0 Å². The molecule has 0 aliphatic carbocycles. The van der Waals surface area contributed by atoms with E-state index in [-0.39, 0.29) is 11.9 Å². The Morgan fingerprint density at radius 3 is 2.62 bits per heavy atom. The molecule has 0 radical (unpaired) electrons. The number of carbonyl (C=O) groups excluding carboxylic acids is 1. The molecule has 0 fully saturated rings. The van der Waals surface area contributed by atoms with Crippen molar-refractivity contribution >= 4 is 11.6 Å².